The topological polar surface area (TPSA) is 88.2 Å². The van der Waals surface area contributed by atoms with E-state index in [2.05, 4.69) is 19.2 Å². The van der Waals surface area contributed by atoms with E-state index in [1.165, 1.54) is 6.92 Å². The summed E-state index contributed by atoms with van der Waals surface area (Å²) in [5.74, 6) is -1.23. The minimum atomic E-state index is -4.56. The molecule has 0 spiro atoms. The summed E-state index contributed by atoms with van der Waals surface area (Å²) in [6.07, 6.45) is -3.20. The lowest BCUT2D eigenvalue weighted by molar-refractivity contribution is -0.139. The highest BCUT2D eigenvalue weighted by Crippen LogP contribution is 2.31. The zero-order valence-electron chi connectivity index (χ0n) is 9.64. The van der Waals surface area contributed by atoms with Crippen molar-refractivity contribution in [2.45, 2.75) is 13.1 Å². The van der Waals surface area contributed by atoms with Crippen molar-refractivity contribution in [2.24, 2.45) is 5.11 Å². The van der Waals surface area contributed by atoms with Gasteiger partial charge in [-0.3, -0.25) is 0 Å². The molecule has 1 aromatic heterocycles. The van der Waals surface area contributed by atoms with Crippen LogP contribution in [0, 0.1) is 0 Å². The lowest BCUT2D eigenvalue weighted by Crippen LogP contribution is -2.05. The summed E-state index contributed by atoms with van der Waals surface area (Å²) < 4.78 is 46.1. The van der Waals surface area contributed by atoms with E-state index in [0.717, 1.165) is 6.08 Å². The lowest BCUT2D eigenvalue weighted by atomic mass is 10.3. The van der Waals surface area contributed by atoms with Crippen LogP contribution in [0.5, 0.6) is 0 Å². The molecule has 0 fully saturated rings. The monoisotopic (exact) mass is 275 g/mol. The average molecular weight is 275 g/mol. The molecular weight excluding hydrogens is 267 g/mol. The highest BCUT2D eigenvalue weighted by atomic mass is 19.4. The molecule has 0 unspecified atom stereocenters. The molecule has 6 nitrogen and oxygen atoms in total. The number of carbonyl (C=O) groups excluding carboxylic acids is 1. The smallest absolute Gasteiger partial charge is 0.419 e. The summed E-state index contributed by atoms with van der Waals surface area (Å²) in [6, 6.07) is 0.673. The third-order valence-corrected chi connectivity index (χ3v) is 1.86. The van der Waals surface area contributed by atoms with Gasteiger partial charge in [0.25, 0.3) is 0 Å². The predicted octanol–water partition coefficient (Wildman–Crippen LogP) is 3.51. The van der Waals surface area contributed by atoms with Gasteiger partial charge in [0.2, 0.25) is 0 Å². The third-order valence-electron chi connectivity index (χ3n) is 1.86. The molecular formula is C10H8F3N3O3. The average Bonchev–Trinajstić information content (AvgIpc) is 2.77. The van der Waals surface area contributed by atoms with Gasteiger partial charge in [-0.15, -0.1) is 0 Å². The Morgan fingerprint density at radius 2 is 2.32 bits per heavy atom. The van der Waals surface area contributed by atoms with Crippen molar-refractivity contribution in [3.63, 3.8) is 0 Å². The number of ether oxygens (including phenoxy) is 1. The van der Waals surface area contributed by atoms with Crippen LogP contribution in [0.15, 0.2) is 27.6 Å². The van der Waals surface area contributed by atoms with Crippen molar-refractivity contribution in [3.05, 3.63) is 39.8 Å². The van der Waals surface area contributed by atoms with Gasteiger partial charge in [0, 0.05) is 4.91 Å². The van der Waals surface area contributed by atoms with Crippen molar-refractivity contribution in [1.82, 2.24) is 0 Å². The molecule has 1 heterocycles. The Morgan fingerprint density at radius 3 is 2.79 bits per heavy atom. The van der Waals surface area contributed by atoms with Crippen LogP contribution < -0.4 is 0 Å². The van der Waals surface area contributed by atoms with Crippen molar-refractivity contribution in [3.8, 4) is 0 Å². The molecule has 0 aliphatic heterocycles. The molecule has 102 valence electrons. The van der Waals surface area contributed by atoms with E-state index in [-0.39, 0.29) is 12.4 Å². The van der Waals surface area contributed by atoms with Crippen LogP contribution in [0.4, 0.5) is 13.2 Å². The second kappa shape index (κ2) is 5.96. The summed E-state index contributed by atoms with van der Waals surface area (Å²) in [7, 11) is 0. The van der Waals surface area contributed by atoms with Gasteiger partial charge < -0.3 is 9.15 Å². The van der Waals surface area contributed by atoms with Crippen LogP contribution in [-0.2, 0) is 15.7 Å². The lowest BCUT2D eigenvalue weighted by Gasteiger charge is -2.00. The van der Waals surface area contributed by atoms with Gasteiger partial charge in [-0.2, -0.15) is 13.2 Å². The third kappa shape index (κ3) is 4.07. The van der Waals surface area contributed by atoms with Gasteiger partial charge >= 0.3 is 12.1 Å². The summed E-state index contributed by atoms with van der Waals surface area (Å²) in [5, 5.41) is 3.04. The maximum atomic E-state index is 12.3. The molecule has 0 radical (unpaired) electrons. The Morgan fingerprint density at radius 1 is 1.63 bits per heavy atom. The first kappa shape index (κ1) is 14.7. The zero-order valence-corrected chi connectivity index (χ0v) is 9.64. The van der Waals surface area contributed by atoms with E-state index in [1.54, 1.807) is 0 Å². The number of esters is 1. The maximum Gasteiger partial charge on any atom is 0.419 e. The minimum Gasteiger partial charge on any atom is -0.464 e. The minimum absolute atomic E-state index is 0.0308. The van der Waals surface area contributed by atoms with Gasteiger partial charge in [-0.25, -0.2) is 4.79 Å². The quantitative estimate of drug-likeness (QED) is 0.277. The first-order chi connectivity index (χ1) is 8.88. The Hall–Kier alpha value is -2.41. The second-order valence-electron chi connectivity index (χ2n) is 3.18. The number of furan rings is 1. The Kier molecular flexibility index (Phi) is 4.60. The van der Waals surface area contributed by atoms with Crippen LogP contribution in [0.3, 0.4) is 0 Å². The SMILES string of the molecule is CCOC(=O)C(=Cc1cc(C(F)(F)F)co1)N=[N+]=[N-]. The number of hydrogen-bond donors (Lipinski definition) is 0. The van der Waals surface area contributed by atoms with Crippen LogP contribution in [0.1, 0.15) is 18.2 Å². The summed E-state index contributed by atoms with van der Waals surface area (Å²) in [6.45, 7) is 1.56. The molecule has 0 saturated heterocycles. The normalized spacial score (nSPS) is 11.9. The van der Waals surface area contributed by atoms with E-state index >= 15 is 0 Å². The fraction of sp³-hybridized carbons (Fsp3) is 0.300. The van der Waals surface area contributed by atoms with Crippen molar-refractivity contribution in [1.29, 1.82) is 0 Å². The van der Waals surface area contributed by atoms with E-state index in [1.807, 2.05) is 0 Å². The summed E-state index contributed by atoms with van der Waals surface area (Å²) in [4.78, 5) is 13.7. The molecule has 0 saturated carbocycles. The highest BCUT2D eigenvalue weighted by molar-refractivity contribution is 5.92. The van der Waals surface area contributed by atoms with E-state index in [9.17, 15) is 18.0 Å². The number of rotatable bonds is 4. The van der Waals surface area contributed by atoms with Crippen molar-refractivity contribution in [2.75, 3.05) is 6.61 Å². The van der Waals surface area contributed by atoms with Crippen LogP contribution in [-0.4, -0.2) is 12.6 Å². The predicted molar refractivity (Wildman–Crippen MR) is 57.5 cm³/mol. The molecule has 0 atom stereocenters. The summed E-state index contributed by atoms with van der Waals surface area (Å²) >= 11 is 0. The first-order valence-corrected chi connectivity index (χ1v) is 4.98. The van der Waals surface area contributed by atoms with E-state index < -0.39 is 23.4 Å². The van der Waals surface area contributed by atoms with Gasteiger partial charge in [-0.05, 0) is 24.6 Å². The number of azide groups is 1. The fourth-order valence-corrected chi connectivity index (χ4v) is 1.09. The fourth-order valence-electron chi connectivity index (χ4n) is 1.09. The molecule has 0 aliphatic rings. The maximum absolute atomic E-state index is 12.3. The first-order valence-electron chi connectivity index (χ1n) is 4.98. The molecule has 0 N–H and O–H groups in total. The van der Waals surface area contributed by atoms with Crippen LogP contribution >= 0.6 is 0 Å². The van der Waals surface area contributed by atoms with Gasteiger partial charge in [-0.1, -0.05) is 5.11 Å². The Balaban J connectivity index is 3.06. The van der Waals surface area contributed by atoms with Gasteiger partial charge in [0.05, 0.1) is 12.2 Å². The molecule has 0 amide bonds. The zero-order chi connectivity index (χ0) is 14.5. The largest absolute Gasteiger partial charge is 0.464 e. The number of hydrogen-bond acceptors (Lipinski definition) is 4. The Labute approximate surface area is 105 Å². The molecule has 0 bridgehead atoms. The molecule has 0 aromatic carbocycles. The van der Waals surface area contributed by atoms with Gasteiger partial charge in [0.1, 0.15) is 17.7 Å². The number of carbonyl (C=O) groups is 1. The van der Waals surface area contributed by atoms with Crippen LogP contribution in [0.2, 0.25) is 0 Å². The van der Waals surface area contributed by atoms with E-state index in [4.69, 9.17) is 5.53 Å². The molecule has 19 heavy (non-hydrogen) atoms. The highest BCUT2D eigenvalue weighted by Gasteiger charge is 2.32. The number of nitrogens with zero attached hydrogens (tertiary/aromatic N) is 3. The molecule has 1 aromatic rings. The molecule has 1 rings (SSSR count). The number of alkyl halides is 3. The summed E-state index contributed by atoms with van der Waals surface area (Å²) in [5.41, 5.74) is 6.76. The van der Waals surface area contributed by atoms with Crippen molar-refractivity contribution >= 4 is 12.0 Å². The van der Waals surface area contributed by atoms with Gasteiger partial charge in [0.15, 0.2) is 0 Å². The van der Waals surface area contributed by atoms with Crippen molar-refractivity contribution < 1.29 is 27.1 Å². The molecule has 9 heteroatoms. The van der Waals surface area contributed by atoms with E-state index in [0.29, 0.717) is 12.3 Å². The van der Waals surface area contributed by atoms with Crippen LogP contribution in [0.25, 0.3) is 16.5 Å². The second-order valence-corrected chi connectivity index (χ2v) is 3.18. The standard InChI is InChI=1S/C10H8F3N3O3/c1-2-18-9(17)8(15-16-14)4-7-3-6(5-19-7)10(11,12)13/h3-5H,2H2,1H3. The molecule has 0 aliphatic carbocycles. The Bertz CT molecular complexity index is 542. The number of halogens is 3.